The number of ether oxygens (including phenoxy) is 1. The summed E-state index contributed by atoms with van der Waals surface area (Å²) in [4.78, 5) is 46.9. The first-order valence-electron chi connectivity index (χ1n) is 8.07. The Hall–Kier alpha value is -3.17. The van der Waals surface area contributed by atoms with Gasteiger partial charge in [-0.25, -0.2) is 4.79 Å². The van der Waals surface area contributed by atoms with Crippen molar-refractivity contribution in [1.82, 2.24) is 5.32 Å². The number of carboxylic acids is 1. The third-order valence-corrected chi connectivity index (χ3v) is 3.88. The Morgan fingerprint density at radius 1 is 1.46 bits per heavy atom. The van der Waals surface area contributed by atoms with Crippen LogP contribution in [0.25, 0.3) is 0 Å². The van der Waals surface area contributed by atoms with Crippen LogP contribution >= 0.6 is 0 Å². The number of benzene rings is 1. The molecule has 0 unspecified atom stereocenters. The van der Waals surface area contributed by atoms with Gasteiger partial charge in [0.15, 0.2) is 6.61 Å². The maximum atomic E-state index is 12.2. The van der Waals surface area contributed by atoms with Gasteiger partial charge in [0.05, 0.1) is 10.6 Å². The fourth-order valence-corrected chi connectivity index (χ4v) is 2.53. The fourth-order valence-electron chi connectivity index (χ4n) is 2.53. The average molecular weight is 365 g/mol. The van der Waals surface area contributed by atoms with Crippen LogP contribution in [0.3, 0.4) is 0 Å². The van der Waals surface area contributed by atoms with Crippen molar-refractivity contribution in [3.8, 4) is 5.75 Å². The number of anilines is 1. The Bertz CT molecular complexity index is 735. The predicted molar refractivity (Wildman–Crippen MR) is 90.0 cm³/mol. The number of fused-ring (bicyclic) bond motifs is 1. The molecule has 10 heteroatoms. The van der Waals surface area contributed by atoms with Crippen molar-refractivity contribution in [2.45, 2.75) is 32.2 Å². The molecule has 0 aliphatic carbocycles. The number of nitro groups is 1. The van der Waals surface area contributed by atoms with Gasteiger partial charge < -0.3 is 15.2 Å². The normalized spacial score (nSPS) is 14.2. The molecule has 1 aliphatic rings. The summed E-state index contributed by atoms with van der Waals surface area (Å²) in [5, 5.41) is 22.5. The van der Waals surface area contributed by atoms with Gasteiger partial charge in [-0.2, -0.15) is 0 Å². The second-order valence-electron chi connectivity index (χ2n) is 5.78. The average Bonchev–Trinajstić information content (AvgIpc) is 2.60. The Labute approximate surface area is 148 Å². The van der Waals surface area contributed by atoms with Gasteiger partial charge in [-0.05, 0) is 12.5 Å². The number of aliphatic carboxylic acids is 1. The Kier molecular flexibility index (Phi) is 6.10. The molecule has 140 valence electrons. The highest BCUT2D eigenvalue weighted by molar-refractivity contribution is 6.02. The van der Waals surface area contributed by atoms with Crippen molar-refractivity contribution in [3.05, 3.63) is 28.3 Å². The van der Waals surface area contributed by atoms with Gasteiger partial charge >= 0.3 is 5.97 Å². The number of unbranched alkanes of at least 4 members (excludes halogenated alkanes) is 1. The highest BCUT2D eigenvalue weighted by Crippen LogP contribution is 2.35. The minimum Gasteiger partial charge on any atom is -0.482 e. The number of carbonyl (C=O) groups excluding carboxylic acids is 2. The molecule has 10 nitrogen and oxygen atoms in total. The second-order valence-corrected chi connectivity index (χ2v) is 5.78. The van der Waals surface area contributed by atoms with E-state index in [4.69, 9.17) is 4.74 Å². The zero-order chi connectivity index (χ0) is 19.3. The number of carbonyl (C=O) groups is 3. The van der Waals surface area contributed by atoms with E-state index >= 15 is 0 Å². The minimum atomic E-state index is -1.16. The van der Waals surface area contributed by atoms with Gasteiger partial charge in [-0.1, -0.05) is 19.8 Å². The second kappa shape index (κ2) is 8.28. The monoisotopic (exact) mass is 365 g/mol. The fraction of sp³-hybridized carbons (Fsp3) is 0.438. The molecule has 2 N–H and O–H groups in total. The molecule has 1 aliphatic heterocycles. The molecule has 1 aromatic carbocycles. The summed E-state index contributed by atoms with van der Waals surface area (Å²) >= 11 is 0. The van der Waals surface area contributed by atoms with E-state index in [1.54, 1.807) is 0 Å². The van der Waals surface area contributed by atoms with Gasteiger partial charge in [-0.15, -0.1) is 0 Å². The summed E-state index contributed by atoms with van der Waals surface area (Å²) in [6.07, 6.45) is 1.68. The van der Waals surface area contributed by atoms with E-state index in [9.17, 15) is 29.6 Å². The summed E-state index contributed by atoms with van der Waals surface area (Å²) in [7, 11) is 0. The van der Waals surface area contributed by atoms with Gasteiger partial charge in [0.2, 0.25) is 5.91 Å². The van der Waals surface area contributed by atoms with Crippen LogP contribution in [0.1, 0.15) is 26.2 Å². The third-order valence-electron chi connectivity index (χ3n) is 3.88. The van der Waals surface area contributed by atoms with E-state index in [0.29, 0.717) is 6.42 Å². The number of non-ortho nitro benzene ring substituents is 1. The van der Waals surface area contributed by atoms with Crippen LogP contribution in [-0.4, -0.2) is 47.0 Å². The van der Waals surface area contributed by atoms with Crippen molar-refractivity contribution >= 4 is 29.2 Å². The topological polar surface area (TPSA) is 139 Å². The van der Waals surface area contributed by atoms with Crippen LogP contribution in [0.5, 0.6) is 5.75 Å². The standard InChI is InChI=1S/C16H19N3O7/c1-2-3-4-11(16(22)23)17-14(20)8-18-12-7-10(19(24)25)5-6-13(12)26-9-15(18)21/h5-7,11H,2-4,8-9H2,1H3,(H,17,20)(H,22,23)/t11-/m0/s1. The van der Waals surface area contributed by atoms with Gasteiger partial charge in [-0.3, -0.25) is 24.6 Å². The number of hydrogen-bond donors (Lipinski definition) is 2. The molecule has 1 atom stereocenters. The number of rotatable bonds is 8. The molecule has 0 aromatic heterocycles. The highest BCUT2D eigenvalue weighted by atomic mass is 16.6. The first kappa shape index (κ1) is 19.2. The molecule has 2 amide bonds. The Morgan fingerprint density at radius 3 is 2.81 bits per heavy atom. The van der Waals surface area contributed by atoms with E-state index in [1.165, 1.54) is 12.1 Å². The largest absolute Gasteiger partial charge is 0.482 e. The van der Waals surface area contributed by atoms with E-state index in [2.05, 4.69) is 5.32 Å². The first-order chi connectivity index (χ1) is 12.3. The molecule has 0 spiro atoms. The van der Waals surface area contributed by atoms with Gasteiger partial charge in [0, 0.05) is 12.1 Å². The summed E-state index contributed by atoms with van der Waals surface area (Å²) in [5.74, 6) is -2.13. The maximum Gasteiger partial charge on any atom is 0.326 e. The number of carboxylic acid groups (broad SMARTS) is 1. The van der Waals surface area contributed by atoms with Crippen molar-refractivity contribution in [3.63, 3.8) is 0 Å². The molecule has 0 fully saturated rings. The van der Waals surface area contributed by atoms with Crippen LogP contribution in [0.4, 0.5) is 11.4 Å². The summed E-state index contributed by atoms with van der Waals surface area (Å²) in [6.45, 7) is 1.14. The number of nitro benzene ring substituents is 1. The number of nitrogens with one attached hydrogen (secondary N) is 1. The van der Waals surface area contributed by atoms with Crippen molar-refractivity contribution in [2.24, 2.45) is 0 Å². The molecule has 26 heavy (non-hydrogen) atoms. The molecule has 0 radical (unpaired) electrons. The molecule has 2 rings (SSSR count). The molecular formula is C16H19N3O7. The van der Waals surface area contributed by atoms with Crippen LogP contribution in [0.2, 0.25) is 0 Å². The van der Waals surface area contributed by atoms with E-state index in [-0.39, 0.29) is 30.2 Å². The smallest absolute Gasteiger partial charge is 0.326 e. The van der Waals surface area contributed by atoms with E-state index < -0.39 is 35.3 Å². The van der Waals surface area contributed by atoms with Crippen molar-refractivity contribution < 1.29 is 29.2 Å². The number of amides is 2. The minimum absolute atomic E-state index is 0.103. The lowest BCUT2D eigenvalue weighted by atomic mass is 10.1. The third kappa shape index (κ3) is 4.47. The van der Waals surface area contributed by atoms with Gasteiger partial charge in [0.25, 0.3) is 11.6 Å². The van der Waals surface area contributed by atoms with E-state index in [1.807, 2.05) is 6.92 Å². The molecule has 1 heterocycles. The van der Waals surface area contributed by atoms with Crippen LogP contribution in [0.15, 0.2) is 18.2 Å². The van der Waals surface area contributed by atoms with Crippen LogP contribution in [0, 0.1) is 10.1 Å². The molecule has 1 aromatic rings. The number of hydrogen-bond acceptors (Lipinski definition) is 6. The van der Waals surface area contributed by atoms with Crippen LogP contribution < -0.4 is 15.0 Å². The summed E-state index contributed by atoms with van der Waals surface area (Å²) in [5.41, 5.74) is -0.148. The van der Waals surface area contributed by atoms with Crippen LogP contribution in [-0.2, 0) is 14.4 Å². The SMILES string of the molecule is CCCC[C@H](NC(=O)CN1C(=O)COc2ccc([N+](=O)[O-])cc21)C(=O)O. The lowest BCUT2D eigenvalue weighted by Gasteiger charge is -2.29. The lowest BCUT2D eigenvalue weighted by Crippen LogP contribution is -2.49. The molecule has 0 saturated carbocycles. The lowest BCUT2D eigenvalue weighted by molar-refractivity contribution is -0.384. The molecule has 0 bridgehead atoms. The number of nitrogens with zero attached hydrogens (tertiary/aromatic N) is 2. The van der Waals surface area contributed by atoms with Crippen molar-refractivity contribution in [2.75, 3.05) is 18.1 Å². The van der Waals surface area contributed by atoms with Crippen molar-refractivity contribution in [1.29, 1.82) is 0 Å². The molecular weight excluding hydrogens is 346 g/mol. The first-order valence-corrected chi connectivity index (χ1v) is 8.07. The van der Waals surface area contributed by atoms with Gasteiger partial charge in [0.1, 0.15) is 18.3 Å². The van der Waals surface area contributed by atoms with E-state index in [0.717, 1.165) is 17.4 Å². The Balaban J connectivity index is 2.16. The maximum absolute atomic E-state index is 12.2. The predicted octanol–water partition coefficient (Wildman–Crippen LogP) is 1.08. The highest BCUT2D eigenvalue weighted by Gasteiger charge is 2.30. The molecule has 0 saturated heterocycles. The zero-order valence-corrected chi connectivity index (χ0v) is 14.1. The zero-order valence-electron chi connectivity index (χ0n) is 14.1. The summed E-state index contributed by atoms with van der Waals surface area (Å²) < 4.78 is 5.22. The summed E-state index contributed by atoms with van der Waals surface area (Å²) in [6, 6.07) is 2.68. The quantitative estimate of drug-likeness (QED) is 0.519. The Morgan fingerprint density at radius 2 is 2.19 bits per heavy atom.